The molecule has 0 aliphatic carbocycles. The van der Waals surface area contributed by atoms with E-state index < -0.39 is 0 Å². The normalized spacial score (nSPS) is 12.1. The van der Waals surface area contributed by atoms with Gasteiger partial charge in [-0.2, -0.15) is 0 Å². The summed E-state index contributed by atoms with van der Waals surface area (Å²) in [5, 5.41) is 0. The van der Waals surface area contributed by atoms with Crippen molar-refractivity contribution in [3.8, 4) is 0 Å². The van der Waals surface area contributed by atoms with Crippen molar-refractivity contribution in [3.63, 3.8) is 0 Å². The first-order valence-corrected chi connectivity index (χ1v) is 5.64. The highest BCUT2D eigenvalue weighted by atomic mass is 16.1. The third kappa shape index (κ3) is 4.75. The van der Waals surface area contributed by atoms with E-state index in [1.165, 1.54) is 0 Å². The van der Waals surface area contributed by atoms with E-state index in [1.54, 1.807) is 0 Å². The minimum absolute atomic E-state index is 0.177. The van der Waals surface area contributed by atoms with Crippen molar-refractivity contribution < 1.29 is 4.79 Å². The molecular formula is C12H25NO. The van der Waals surface area contributed by atoms with Crippen LogP contribution in [0.4, 0.5) is 0 Å². The number of ketones is 1. The monoisotopic (exact) mass is 199 g/mol. The summed E-state index contributed by atoms with van der Waals surface area (Å²) in [6.07, 6.45) is 0.689. The first-order valence-electron chi connectivity index (χ1n) is 5.64. The van der Waals surface area contributed by atoms with E-state index >= 15 is 0 Å². The predicted octanol–water partition coefficient (Wildman–Crippen LogP) is 2.72. The van der Waals surface area contributed by atoms with E-state index in [4.69, 9.17) is 0 Å². The number of nitrogens with zero attached hydrogens (tertiary/aromatic N) is 1. The molecule has 0 aromatic heterocycles. The minimum Gasteiger partial charge on any atom is -0.299 e. The third-order valence-electron chi connectivity index (χ3n) is 2.59. The van der Waals surface area contributed by atoms with Gasteiger partial charge in [-0.25, -0.2) is 0 Å². The summed E-state index contributed by atoms with van der Waals surface area (Å²) in [5.74, 6) is 0.549. The van der Waals surface area contributed by atoms with Gasteiger partial charge in [0.15, 0.2) is 0 Å². The van der Waals surface area contributed by atoms with Crippen LogP contribution in [0.15, 0.2) is 0 Å². The standard InChI is InChI=1S/C12H25NO/c1-9(2)12(14)7-8-13(10(3)4)11(5)6/h9-11H,7-8H2,1-6H3. The fourth-order valence-electron chi connectivity index (χ4n) is 1.64. The van der Waals surface area contributed by atoms with Crippen LogP contribution in [0, 0.1) is 5.92 Å². The Morgan fingerprint density at radius 3 is 1.71 bits per heavy atom. The summed E-state index contributed by atoms with van der Waals surface area (Å²) in [5.41, 5.74) is 0. The number of rotatable bonds is 6. The molecule has 0 fully saturated rings. The Hall–Kier alpha value is -0.370. The number of Topliss-reactive ketones (excluding diaryl/α,β-unsaturated/α-hetero) is 1. The lowest BCUT2D eigenvalue weighted by molar-refractivity contribution is -0.122. The Labute approximate surface area is 88.7 Å². The molecule has 0 saturated heterocycles. The van der Waals surface area contributed by atoms with Gasteiger partial charge in [0.05, 0.1) is 0 Å². The Kier molecular flexibility index (Phi) is 6.01. The van der Waals surface area contributed by atoms with Crippen LogP contribution in [-0.2, 0) is 4.79 Å². The number of carbonyl (C=O) groups excluding carboxylic acids is 1. The first-order chi connectivity index (χ1) is 6.36. The molecule has 0 rings (SSSR count). The van der Waals surface area contributed by atoms with Crippen molar-refractivity contribution in [3.05, 3.63) is 0 Å². The van der Waals surface area contributed by atoms with Gasteiger partial charge < -0.3 is 0 Å². The van der Waals surface area contributed by atoms with E-state index in [9.17, 15) is 4.79 Å². The quantitative estimate of drug-likeness (QED) is 0.655. The van der Waals surface area contributed by atoms with E-state index in [0.29, 0.717) is 24.3 Å². The largest absolute Gasteiger partial charge is 0.299 e. The second kappa shape index (κ2) is 6.18. The van der Waals surface area contributed by atoms with Gasteiger partial charge in [0, 0.05) is 31.0 Å². The fraction of sp³-hybridized carbons (Fsp3) is 0.917. The molecule has 0 amide bonds. The van der Waals surface area contributed by atoms with E-state index in [2.05, 4.69) is 32.6 Å². The molecule has 0 aromatic rings. The van der Waals surface area contributed by atoms with Crippen LogP contribution in [0.25, 0.3) is 0 Å². The topological polar surface area (TPSA) is 20.3 Å². The molecule has 0 N–H and O–H groups in total. The van der Waals surface area contributed by atoms with Crippen molar-refractivity contribution in [1.29, 1.82) is 0 Å². The van der Waals surface area contributed by atoms with Gasteiger partial charge in [-0.15, -0.1) is 0 Å². The average molecular weight is 199 g/mol. The molecule has 0 radical (unpaired) electrons. The Bertz CT molecular complexity index is 165. The zero-order valence-electron chi connectivity index (χ0n) is 10.5. The van der Waals surface area contributed by atoms with Crippen LogP contribution >= 0.6 is 0 Å². The lowest BCUT2D eigenvalue weighted by Gasteiger charge is -2.30. The summed E-state index contributed by atoms with van der Waals surface area (Å²) in [6, 6.07) is 1.05. The maximum atomic E-state index is 11.5. The minimum atomic E-state index is 0.177. The molecular weight excluding hydrogens is 174 g/mol. The van der Waals surface area contributed by atoms with Gasteiger partial charge in [-0.05, 0) is 27.7 Å². The maximum absolute atomic E-state index is 11.5. The van der Waals surface area contributed by atoms with Gasteiger partial charge in [0.25, 0.3) is 0 Å². The summed E-state index contributed by atoms with van der Waals surface area (Å²) in [6.45, 7) is 13.6. The van der Waals surface area contributed by atoms with Gasteiger partial charge in [-0.3, -0.25) is 9.69 Å². The molecule has 0 unspecified atom stereocenters. The van der Waals surface area contributed by atoms with Crippen molar-refractivity contribution in [2.45, 2.75) is 60.0 Å². The van der Waals surface area contributed by atoms with Crippen LogP contribution in [0.2, 0.25) is 0 Å². The zero-order valence-corrected chi connectivity index (χ0v) is 10.5. The summed E-state index contributed by atoms with van der Waals surface area (Å²) in [7, 11) is 0. The van der Waals surface area contributed by atoms with E-state index in [-0.39, 0.29) is 5.92 Å². The SMILES string of the molecule is CC(C)C(=O)CCN(C(C)C)C(C)C. The van der Waals surface area contributed by atoms with Crippen molar-refractivity contribution in [1.82, 2.24) is 4.90 Å². The van der Waals surface area contributed by atoms with E-state index in [0.717, 1.165) is 6.54 Å². The lowest BCUT2D eigenvalue weighted by atomic mass is 10.1. The second-order valence-electron chi connectivity index (χ2n) is 4.80. The highest BCUT2D eigenvalue weighted by Gasteiger charge is 2.15. The van der Waals surface area contributed by atoms with Crippen molar-refractivity contribution in [2.75, 3.05) is 6.54 Å². The molecule has 0 heterocycles. The van der Waals surface area contributed by atoms with Crippen LogP contribution in [0.1, 0.15) is 48.0 Å². The molecule has 2 heteroatoms. The van der Waals surface area contributed by atoms with Crippen LogP contribution < -0.4 is 0 Å². The van der Waals surface area contributed by atoms with Crippen LogP contribution in [-0.4, -0.2) is 29.3 Å². The summed E-state index contributed by atoms with van der Waals surface area (Å²) in [4.78, 5) is 13.8. The number of hydrogen-bond donors (Lipinski definition) is 0. The Morgan fingerprint density at radius 2 is 1.43 bits per heavy atom. The molecule has 0 aliphatic heterocycles. The summed E-state index contributed by atoms with van der Waals surface area (Å²) < 4.78 is 0. The van der Waals surface area contributed by atoms with Gasteiger partial charge in [-0.1, -0.05) is 13.8 Å². The molecule has 14 heavy (non-hydrogen) atoms. The van der Waals surface area contributed by atoms with Gasteiger partial charge in [0.2, 0.25) is 0 Å². The molecule has 2 nitrogen and oxygen atoms in total. The molecule has 0 bridgehead atoms. The highest BCUT2D eigenvalue weighted by Crippen LogP contribution is 2.08. The molecule has 0 spiro atoms. The maximum Gasteiger partial charge on any atom is 0.136 e. The predicted molar refractivity (Wildman–Crippen MR) is 61.4 cm³/mol. The van der Waals surface area contributed by atoms with Gasteiger partial charge >= 0.3 is 0 Å². The van der Waals surface area contributed by atoms with Crippen LogP contribution in [0.5, 0.6) is 0 Å². The Morgan fingerprint density at radius 1 is 1.00 bits per heavy atom. The summed E-state index contributed by atoms with van der Waals surface area (Å²) >= 11 is 0. The number of hydrogen-bond acceptors (Lipinski definition) is 2. The molecule has 0 saturated carbocycles. The molecule has 0 aromatic carbocycles. The first kappa shape index (κ1) is 13.6. The number of carbonyl (C=O) groups is 1. The third-order valence-corrected chi connectivity index (χ3v) is 2.59. The smallest absolute Gasteiger partial charge is 0.136 e. The average Bonchev–Trinajstić information content (AvgIpc) is 2.02. The Balaban J connectivity index is 4.01. The fourth-order valence-corrected chi connectivity index (χ4v) is 1.64. The van der Waals surface area contributed by atoms with E-state index in [1.807, 2.05) is 13.8 Å². The molecule has 0 aliphatic rings. The van der Waals surface area contributed by atoms with Gasteiger partial charge in [0.1, 0.15) is 5.78 Å². The molecule has 0 atom stereocenters. The lowest BCUT2D eigenvalue weighted by Crippen LogP contribution is -2.38. The highest BCUT2D eigenvalue weighted by molar-refractivity contribution is 5.80. The van der Waals surface area contributed by atoms with Crippen LogP contribution in [0.3, 0.4) is 0 Å². The van der Waals surface area contributed by atoms with Crippen molar-refractivity contribution in [2.24, 2.45) is 5.92 Å². The zero-order chi connectivity index (χ0) is 11.3. The molecule has 84 valence electrons. The van der Waals surface area contributed by atoms with Crippen molar-refractivity contribution >= 4 is 5.78 Å². The second-order valence-corrected chi connectivity index (χ2v) is 4.80.